The molecule has 28 heavy (non-hydrogen) atoms. The van der Waals surface area contributed by atoms with Gasteiger partial charge in [0.2, 0.25) is 5.88 Å². The van der Waals surface area contributed by atoms with E-state index in [0.717, 1.165) is 12.1 Å². The van der Waals surface area contributed by atoms with Crippen LogP contribution in [0.1, 0.15) is 25.1 Å². The highest BCUT2D eigenvalue weighted by molar-refractivity contribution is 5.72. The summed E-state index contributed by atoms with van der Waals surface area (Å²) in [5, 5.41) is 13.6. The molecule has 4 rings (SSSR count). The van der Waals surface area contributed by atoms with Gasteiger partial charge < -0.3 is 10.1 Å². The van der Waals surface area contributed by atoms with Crippen LogP contribution in [0.3, 0.4) is 0 Å². The molecule has 11 heteroatoms. The second-order valence-electron chi connectivity index (χ2n) is 5.86. The molecule has 0 aromatic carbocycles. The second-order valence-corrected chi connectivity index (χ2v) is 5.86. The molecular weight excluding hydrogens is 370 g/mol. The zero-order valence-corrected chi connectivity index (χ0v) is 14.8. The maximum absolute atomic E-state index is 12.3. The van der Waals surface area contributed by atoms with Crippen LogP contribution in [0, 0.1) is 0 Å². The summed E-state index contributed by atoms with van der Waals surface area (Å²) < 4.78 is 30.5. The van der Waals surface area contributed by atoms with Crippen LogP contribution in [0.5, 0.6) is 5.88 Å². The highest BCUT2D eigenvalue weighted by atomic mass is 19.3. The Kier molecular flexibility index (Phi) is 4.79. The molecule has 4 aromatic heterocycles. The first kappa shape index (κ1) is 17.8. The third-order valence-corrected chi connectivity index (χ3v) is 4.04. The maximum Gasteiger partial charge on any atom is 0.388 e. The number of pyridine rings is 1. The molecule has 1 unspecified atom stereocenters. The molecule has 2 N–H and O–H groups in total. The summed E-state index contributed by atoms with van der Waals surface area (Å²) in [6.07, 6.45) is 5.66. The van der Waals surface area contributed by atoms with E-state index in [-0.39, 0.29) is 11.9 Å². The average Bonchev–Trinajstić information content (AvgIpc) is 3.30. The van der Waals surface area contributed by atoms with E-state index in [9.17, 15) is 8.78 Å². The van der Waals surface area contributed by atoms with Gasteiger partial charge in [0, 0.05) is 12.3 Å². The number of ether oxygens (including phenoxy) is 1. The molecular formula is C17H16F2N8O. The van der Waals surface area contributed by atoms with E-state index < -0.39 is 6.61 Å². The Morgan fingerprint density at radius 3 is 2.89 bits per heavy atom. The largest absolute Gasteiger partial charge is 0.415 e. The summed E-state index contributed by atoms with van der Waals surface area (Å²) >= 11 is 0. The van der Waals surface area contributed by atoms with Gasteiger partial charge in [0.25, 0.3) is 0 Å². The summed E-state index contributed by atoms with van der Waals surface area (Å²) in [7, 11) is 0. The van der Waals surface area contributed by atoms with Crippen LogP contribution in [0.15, 0.2) is 42.9 Å². The normalized spacial score (nSPS) is 12.4. The second kappa shape index (κ2) is 7.55. The lowest BCUT2D eigenvalue weighted by Gasteiger charge is -2.15. The van der Waals surface area contributed by atoms with Crippen molar-refractivity contribution in [3.05, 3.63) is 48.5 Å². The van der Waals surface area contributed by atoms with Crippen molar-refractivity contribution in [3.8, 4) is 5.88 Å². The van der Waals surface area contributed by atoms with E-state index in [1.54, 1.807) is 17.1 Å². The smallest absolute Gasteiger partial charge is 0.388 e. The average molecular weight is 386 g/mol. The lowest BCUT2D eigenvalue weighted by atomic mass is 10.1. The molecule has 0 saturated carbocycles. The Hall–Kier alpha value is -3.63. The van der Waals surface area contributed by atoms with Gasteiger partial charge in [0.05, 0.1) is 24.1 Å². The number of aromatic amines is 1. The molecule has 0 amide bonds. The number of alkyl halides is 2. The fourth-order valence-corrected chi connectivity index (χ4v) is 2.85. The summed E-state index contributed by atoms with van der Waals surface area (Å²) in [6, 6.07) is 6.92. The fourth-order valence-electron chi connectivity index (χ4n) is 2.85. The van der Waals surface area contributed by atoms with Crippen molar-refractivity contribution in [3.63, 3.8) is 0 Å². The van der Waals surface area contributed by atoms with Crippen LogP contribution in [0.4, 0.5) is 20.4 Å². The predicted octanol–water partition coefficient (Wildman–Crippen LogP) is 3.29. The molecule has 9 nitrogen and oxygen atoms in total. The van der Waals surface area contributed by atoms with E-state index in [4.69, 9.17) is 0 Å². The Bertz CT molecular complexity index is 1070. The van der Waals surface area contributed by atoms with Crippen molar-refractivity contribution < 1.29 is 13.5 Å². The Morgan fingerprint density at radius 2 is 2.14 bits per heavy atom. The number of nitrogens with zero attached hydrogens (tertiary/aromatic N) is 6. The Balaban J connectivity index is 1.63. The van der Waals surface area contributed by atoms with E-state index in [0.29, 0.717) is 22.8 Å². The minimum atomic E-state index is -2.95. The number of hydrogen-bond acceptors (Lipinski definition) is 7. The van der Waals surface area contributed by atoms with E-state index in [1.165, 1.54) is 12.3 Å². The monoisotopic (exact) mass is 386 g/mol. The molecule has 4 heterocycles. The quantitative estimate of drug-likeness (QED) is 0.502. The standard InChI is InChI=1S/C17H16F2N8O/c1-2-12(10-5-3-4-6-20-10)27-16-11(8-22-27)21-9-14(24-16)23-13-7-15(26-25-13)28-17(18)19/h3-9,12,17H,2H2,1H3,(H2,23,24,25,26). The molecule has 0 spiro atoms. The minimum Gasteiger partial charge on any atom is -0.415 e. The number of hydrogen-bond donors (Lipinski definition) is 2. The lowest BCUT2D eigenvalue weighted by Crippen LogP contribution is -2.13. The predicted molar refractivity (Wildman–Crippen MR) is 96.5 cm³/mol. The van der Waals surface area contributed by atoms with Crippen LogP contribution in [-0.4, -0.2) is 41.5 Å². The molecule has 0 fully saturated rings. The fraction of sp³-hybridized carbons (Fsp3) is 0.235. The third-order valence-electron chi connectivity index (χ3n) is 4.04. The summed E-state index contributed by atoms with van der Waals surface area (Å²) in [6.45, 7) is -0.906. The van der Waals surface area contributed by atoms with Crippen LogP contribution in [-0.2, 0) is 0 Å². The molecule has 0 aliphatic rings. The first-order chi connectivity index (χ1) is 13.6. The van der Waals surface area contributed by atoms with Gasteiger partial charge in [0.1, 0.15) is 11.3 Å². The molecule has 144 valence electrons. The summed E-state index contributed by atoms with van der Waals surface area (Å²) in [4.78, 5) is 13.3. The van der Waals surface area contributed by atoms with Gasteiger partial charge in [-0.1, -0.05) is 13.0 Å². The van der Waals surface area contributed by atoms with Crippen molar-refractivity contribution in [2.45, 2.75) is 26.0 Å². The summed E-state index contributed by atoms with van der Waals surface area (Å²) in [5.41, 5.74) is 2.08. The molecule has 0 saturated heterocycles. The maximum atomic E-state index is 12.3. The molecule has 0 bridgehead atoms. The zero-order valence-electron chi connectivity index (χ0n) is 14.8. The summed E-state index contributed by atoms with van der Waals surface area (Å²) in [5.74, 6) is 0.516. The molecule has 1 atom stereocenters. The number of nitrogens with one attached hydrogen (secondary N) is 2. The molecule has 0 radical (unpaired) electrons. The van der Waals surface area contributed by atoms with Crippen molar-refractivity contribution in [1.82, 2.24) is 34.9 Å². The van der Waals surface area contributed by atoms with Gasteiger partial charge in [-0.15, -0.1) is 5.10 Å². The van der Waals surface area contributed by atoms with Crippen molar-refractivity contribution in [2.75, 3.05) is 5.32 Å². The first-order valence-corrected chi connectivity index (χ1v) is 8.52. The number of H-pyrrole nitrogens is 1. The molecule has 4 aromatic rings. The van der Waals surface area contributed by atoms with Gasteiger partial charge in [0.15, 0.2) is 11.5 Å². The Labute approximate surface area is 157 Å². The van der Waals surface area contributed by atoms with Crippen LogP contribution in [0.2, 0.25) is 0 Å². The van der Waals surface area contributed by atoms with E-state index in [2.05, 4.69) is 40.3 Å². The first-order valence-electron chi connectivity index (χ1n) is 8.52. The minimum absolute atomic E-state index is 0.0959. The number of anilines is 2. The topological polar surface area (TPSA) is 106 Å². The lowest BCUT2D eigenvalue weighted by molar-refractivity contribution is -0.0528. The highest BCUT2D eigenvalue weighted by Crippen LogP contribution is 2.24. The Morgan fingerprint density at radius 1 is 1.25 bits per heavy atom. The number of aromatic nitrogens is 7. The third kappa shape index (κ3) is 3.59. The zero-order chi connectivity index (χ0) is 19.5. The highest BCUT2D eigenvalue weighted by Gasteiger charge is 2.18. The SMILES string of the molecule is CCC(c1ccccn1)n1ncc2ncc(Nc3cc(OC(F)F)n[nH]3)nc21. The van der Waals surface area contributed by atoms with Crippen LogP contribution < -0.4 is 10.1 Å². The van der Waals surface area contributed by atoms with E-state index >= 15 is 0 Å². The van der Waals surface area contributed by atoms with Crippen LogP contribution >= 0.6 is 0 Å². The van der Waals surface area contributed by atoms with Gasteiger partial charge in [-0.25, -0.2) is 14.6 Å². The van der Waals surface area contributed by atoms with Gasteiger partial charge in [-0.05, 0) is 18.6 Å². The molecule has 0 aliphatic heterocycles. The van der Waals surface area contributed by atoms with Crippen molar-refractivity contribution in [2.24, 2.45) is 0 Å². The van der Waals surface area contributed by atoms with Crippen molar-refractivity contribution in [1.29, 1.82) is 0 Å². The van der Waals surface area contributed by atoms with Crippen LogP contribution in [0.25, 0.3) is 11.2 Å². The molecule has 0 aliphatic carbocycles. The van der Waals surface area contributed by atoms with E-state index in [1.807, 2.05) is 25.1 Å². The number of rotatable bonds is 7. The number of halogens is 2. The number of fused-ring (bicyclic) bond motifs is 1. The van der Waals surface area contributed by atoms with Crippen molar-refractivity contribution >= 4 is 22.8 Å². The van der Waals surface area contributed by atoms with Gasteiger partial charge >= 0.3 is 6.61 Å². The van der Waals surface area contributed by atoms with Gasteiger partial charge in [-0.2, -0.15) is 13.9 Å². The van der Waals surface area contributed by atoms with Gasteiger partial charge in [-0.3, -0.25) is 10.1 Å².